The van der Waals surface area contributed by atoms with Crippen molar-refractivity contribution in [3.05, 3.63) is 68.2 Å². The maximum Gasteiger partial charge on any atom is 0.328 e. The molecule has 102 valence electrons. The Hall–Kier alpha value is -2.65. The number of nitrogens with zero attached hydrogens (tertiary/aromatic N) is 1. The molecule has 0 amide bonds. The molecule has 0 spiro atoms. The summed E-state index contributed by atoms with van der Waals surface area (Å²) in [6.07, 6.45) is 0.892. The number of nitrogens with two attached hydrogens (primary N) is 1. The molecular formula is C14H12FN3O2. The maximum absolute atomic E-state index is 13.1. The van der Waals surface area contributed by atoms with Gasteiger partial charge in [0, 0.05) is 5.56 Å². The first-order valence-corrected chi connectivity index (χ1v) is 5.87. The smallest absolute Gasteiger partial charge is 0.320 e. The minimum absolute atomic E-state index is 0.164. The number of nitrogens with one attached hydrogen (secondary N) is 1. The van der Waals surface area contributed by atoms with E-state index in [-0.39, 0.29) is 13.1 Å². The van der Waals surface area contributed by atoms with Gasteiger partial charge in [-0.15, -0.1) is 0 Å². The van der Waals surface area contributed by atoms with E-state index in [0.29, 0.717) is 0 Å². The van der Waals surface area contributed by atoms with Gasteiger partial charge in [-0.25, -0.2) is 4.79 Å². The van der Waals surface area contributed by atoms with E-state index in [1.54, 1.807) is 24.3 Å². The summed E-state index contributed by atoms with van der Waals surface area (Å²) in [4.78, 5) is 24.3. The van der Waals surface area contributed by atoms with Gasteiger partial charge in [0.1, 0.15) is 0 Å². The number of benzene rings is 1. The summed E-state index contributed by atoms with van der Waals surface area (Å²) in [5.74, 6) is 4.61. The molecule has 5 nitrogen and oxygen atoms in total. The summed E-state index contributed by atoms with van der Waals surface area (Å²) in [6, 6.07) is 7.11. The molecule has 0 aliphatic heterocycles. The average molecular weight is 273 g/mol. The molecule has 2 aromatic rings. The van der Waals surface area contributed by atoms with Gasteiger partial charge in [0.15, 0.2) is 0 Å². The van der Waals surface area contributed by atoms with Gasteiger partial charge in [0.2, 0.25) is 5.82 Å². The first-order valence-electron chi connectivity index (χ1n) is 5.87. The first kappa shape index (κ1) is 13.8. The molecule has 0 atom stereocenters. The van der Waals surface area contributed by atoms with Crippen LogP contribution >= 0.6 is 0 Å². The zero-order valence-electron chi connectivity index (χ0n) is 10.5. The van der Waals surface area contributed by atoms with Crippen molar-refractivity contribution >= 4 is 0 Å². The molecule has 0 saturated heterocycles. The average Bonchev–Trinajstić information content (AvgIpc) is 2.44. The van der Waals surface area contributed by atoms with E-state index >= 15 is 0 Å². The number of halogens is 1. The predicted molar refractivity (Wildman–Crippen MR) is 72.8 cm³/mol. The molecule has 3 N–H and O–H groups in total. The number of hydrogen-bond acceptors (Lipinski definition) is 3. The van der Waals surface area contributed by atoms with E-state index < -0.39 is 17.1 Å². The van der Waals surface area contributed by atoms with Crippen LogP contribution in [0.5, 0.6) is 0 Å². The Labute approximate surface area is 113 Å². The molecule has 2 rings (SSSR count). The van der Waals surface area contributed by atoms with Crippen molar-refractivity contribution in [2.45, 2.75) is 6.54 Å². The molecule has 0 unspecified atom stereocenters. The Morgan fingerprint density at radius 2 is 1.95 bits per heavy atom. The molecular weight excluding hydrogens is 261 g/mol. The van der Waals surface area contributed by atoms with Crippen LogP contribution in [0.2, 0.25) is 0 Å². The summed E-state index contributed by atoms with van der Waals surface area (Å²) < 4.78 is 14.2. The number of hydrogen-bond donors (Lipinski definition) is 2. The summed E-state index contributed by atoms with van der Waals surface area (Å²) in [5.41, 5.74) is 5.20. The fraction of sp³-hybridized carbons (Fsp3) is 0.143. The molecule has 1 aromatic heterocycles. The molecule has 0 saturated carbocycles. The number of H-pyrrole nitrogens is 1. The monoisotopic (exact) mass is 273 g/mol. The molecule has 0 aliphatic rings. The van der Waals surface area contributed by atoms with Gasteiger partial charge in [-0.05, 0) is 17.7 Å². The quantitative estimate of drug-likeness (QED) is 0.758. The second kappa shape index (κ2) is 5.99. The number of aromatic nitrogens is 2. The highest BCUT2D eigenvalue weighted by Crippen LogP contribution is 2.04. The second-order valence-electron chi connectivity index (χ2n) is 4.07. The lowest BCUT2D eigenvalue weighted by Crippen LogP contribution is -2.31. The summed E-state index contributed by atoms with van der Waals surface area (Å²) in [5, 5.41) is 0. The molecule has 0 fully saturated rings. The zero-order chi connectivity index (χ0) is 14.5. The van der Waals surface area contributed by atoms with Gasteiger partial charge in [-0.1, -0.05) is 24.0 Å². The van der Waals surface area contributed by atoms with E-state index in [4.69, 9.17) is 5.73 Å². The second-order valence-corrected chi connectivity index (χ2v) is 4.07. The van der Waals surface area contributed by atoms with E-state index in [0.717, 1.165) is 21.9 Å². The van der Waals surface area contributed by atoms with Crippen LogP contribution < -0.4 is 17.0 Å². The lowest BCUT2D eigenvalue weighted by atomic mass is 10.1. The minimum Gasteiger partial charge on any atom is -0.320 e. The lowest BCUT2D eigenvalue weighted by Gasteiger charge is -2.05. The molecule has 1 heterocycles. The third kappa shape index (κ3) is 3.22. The van der Waals surface area contributed by atoms with Gasteiger partial charge in [0.25, 0.3) is 5.56 Å². The van der Waals surface area contributed by atoms with E-state index in [2.05, 4.69) is 11.8 Å². The topological polar surface area (TPSA) is 80.9 Å². The van der Waals surface area contributed by atoms with Crippen molar-refractivity contribution in [2.24, 2.45) is 5.73 Å². The number of rotatable bonds is 2. The van der Waals surface area contributed by atoms with Crippen LogP contribution in [0.3, 0.4) is 0 Å². The van der Waals surface area contributed by atoms with E-state index in [1.165, 1.54) is 0 Å². The predicted octanol–water partition coefficient (Wildman–Crippen LogP) is 0.0342. The zero-order valence-corrected chi connectivity index (χ0v) is 10.5. The van der Waals surface area contributed by atoms with Crippen LogP contribution in [0.4, 0.5) is 4.39 Å². The molecule has 0 radical (unpaired) electrons. The van der Waals surface area contributed by atoms with Crippen LogP contribution in [0.25, 0.3) is 0 Å². The Kier molecular flexibility index (Phi) is 4.13. The summed E-state index contributed by atoms with van der Waals surface area (Å²) >= 11 is 0. The van der Waals surface area contributed by atoms with Crippen molar-refractivity contribution in [3.8, 4) is 11.8 Å². The molecule has 0 aliphatic carbocycles. The van der Waals surface area contributed by atoms with Gasteiger partial charge >= 0.3 is 5.69 Å². The van der Waals surface area contributed by atoms with Gasteiger partial charge in [-0.3, -0.25) is 14.3 Å². The lowest BCUT2D eigenvalue weighted by molar-refractivity contribution is 0.566. The van der Waals surface area contributed by atoms with Crippen LogP contribution in [-0.4, -0.2) is 16.1 Å². The largest absolute Gasteiger partial charge is 0.328 e. The highest BCUT2D eigenvalue weighted by atomic mass is 19.1. The maximum atomic E-state index is 13.1. The van der Waals surface area contributed by atoms with Crippen molar-refractivity contribution in [3.63, 3.8) is 0 Å². The standard InChI is InChI=1S/C14H12FN3O2/c15-12-9-18(14(20)17-13(12)19)8-11-5-3-10(4-6-11)2-1-7-16/h3-6,9H,7-8,16H2,(H,17,19,20). The fourth-order valence-corrected chi connectivity index (χ4v) is 1.64. The van der Waals surface area contributed by atoms with Crippen LogP contribution in [0, 0.1) is 17.7 Å². The van der Waals surface area contributed by atoms with Crippen molar-refractivity contribution < 1.29 is 4.39 Å². The Morgan fingerprint density at radius 1 is 1.25 bits per heavy atom. The number of aromatic amines is 1. The third-order valence-corrected chi connectivity index (χ3v) is 2.61. The van der Waals surface area contributed by atoms with Gasteiger partial charge in [-0.2, -0.15) is 4.39 Å². The SMILES string of the molecule is NCC#Cc1ccc(Cn2cc(F)c(=O)[nH]c2=O)cc1. The Balaban J connectivity index is 2.24. The fourth-order valence-electron chi connectivity index (χ4n) is 1.64. The van der Waals surface area contributed by atoms with E-state index in [9.17, 15) is 14.0 Å². The van der Waals surface area contributed by atoms with Crippen molar-refractivity contribution in [2.75, 3.05) is 6.54 Å². The van der Waals surface area contributed by atoms with Crippen LogP contribution in [0.15, 0.2) is 40.1 Å². The van der Waals surface area contributed by atoms with Gasteiger partial charge in [0.05, 0.1) is 19.3 Å². The van der Waals surface area contributed by atoms with E-state index in [1.807, 2.05) is 4.98 Å². The Bertz CT molecular complexity index is 779. The Morgan fingerprint density at radius 3 is 2.60 bits per heavy atom. The highest BCUT2D eigenvalue weighted by Gasteiger charge is 2.04. The van der Waals surface area contributed by atoms with Crippen molar-refractivity contribution in [1.82, 2.24) is 9.55 Å². The van der Waals surface area contributed by atoms with Gasteiger partial charge < -0.3 is 5.73 Å². The first-order chi connectivity index (χ1) is 9.60. The third-order valence-electron chi connectivity index (χ3n) is 2.61. The normalized spacial score (nSPS) is 9.90. The minimum atomic E-state index is -1.02. The summed E-state index contributed by atoms with van der Waals surface area (Å²) in [6.45, 7) is 0.449. The molecule has 1 aromatic carbocycles. The molecule has 0 bridgehead atoms. The van der Waals surface area contributed by atoms with Crippen LogP contribution in [0.1, 0.15) is 11.1 Å². The highest BCUT2D eigenvalue weighted by molar-refractivity contribution is 5.36. The molecule has 6 heteroatoms. The van der Waals surface area contributed by atoms with Crippen LogP contribution in [-0.2, 0) is 6.54 Å². The van der Waals surface area contributed by atoms with Crippen molar-refractivity contribution in [1.29, 1.82) is 0 Å². The summed E-state index contributed by atoms with van der Waals surface area (Å²) in [7, 11) is 0. The molecule has 20 heavy (non-hydrogen) atoms.